The van der Waals surface area contributed by atoms with Crippen LogP contribution in [0, 0.1) is 5.92 Å². The summed E-state index contributed by atoms with van der Waals surface area (Å²) in [5.41, 5.74) is -1.08. The van der Waals surface area contributed by atoms with E-state index in [2.05, 4.69) is 48.0 Å². The molecule has 3 atom stereocenters. The Bertz CT molecular complexity index is 778. The van der Waals surface area contributed by atoms with Crippen LogP contribution < -0.4 is 10.2 Å². The molecule has 3 aliphatic rings. The maximum absolute atomic E-state index is 15.1. The molecule has 3 saturated heterocycles. The molecule has 0 radical (unpaired) electrons. The summed E-state index contributed by atoms with van der Waals surface area (Å²) in [6.07, 6.45) is 3.32. The van der Waals surface area contributed by atoms with Gasteiger partial charge in [0, 0.05) is 50.9 Å². The van der Waals surface area contributed by atoms with Gasteiger partial charge in [-0.1, -0.05) is 19.0 Å². The topological polar surface area (TPSA) is 64.9 Å². The van der Waals surface area contributed by atoms with E-state index < -0.39 is 5.67 Å². The smallest absolute Gasteiger partial charge is 0.233 e. The molecule has 0 aromatic carbocycles. The Morgan fingerprint density at radius 3 is 2.62 bits per heavy atom. The summed E-state index contributed by atoms with van der Waals surface area (Å²) in [6, 6.07) is 2.45. The molecular weight excluding hydrogens is 409 g/mol. The molecule has 7 nitrogen and oxygen atoms in total. The van der Waals surface area contributed by atoms with Crippen LogP contribution in [0.4, 0.5) is 10.2 Å². The predicted molar refractivity (Wildman–Crippen MR) is 124 cm³/mol. The summed E-state index contributed by atoms with van der Waals surface area (Å²) in [6.45, 7) is 13.7. The van der Waals surface area contributed by atoms with Crippen LogP contribution >= 0.6 is 0 Å². The number of hydrogen-bond donors (Lipinski definition) is 1. The first-order chi connectivity index (χ1) is 15.3. The lowest BCUT2D eigenvalue weighted by molar-refractivity contribution is -0.134. The molecule has 32 heavy (non-hydrogen) atoms. The summed E-state index contributed by atoms with van der Waals surface area (Å²) >= 11 is 0. The van der Waals surface area contributed by atoms with E-state index in [0.29, 0.717) is 25.1 Å². The number of halogens is 1. The van der Waals surface area contributed by atoms with Crippen LogP contribution in [0.25, 0.3) is 0 Å². The van der Waals surface area contributed by atoms with E-state index in [0.717, 1.165) is 57.9 Å². The first-order valence-corrected chi connectivity index (χ1v) is 12.4. The Kier molecular flexibility index (Phi) is 7.10. The van der Waals surface area contributed by atoms with Gasteiger partial charge in [0.05, 0.1) is 0 Å². The fraction of sp³-hybridized carbons (Fsp3) is 0.833. The molecule has 4 rings (SSSR count). The fourth-order valence-electron chi connectivity index (χ4n) is 5.69. The highest BCUT2D eigenvalue weighted by Gasteiger charge is 2.38. The summed E-state index contributed by atoms with van der Waals surface area (Å²) in [5.74, 6) is 1.43. The van der Waals surface area contributed by atoms with Crippen molar-refractivity contribution in [2.45, 2.75) is 77.0 Å². The summed E-state index contributed by atoms with van der Waals surface area (Å²) in [4.78, 5) is 19.8. The number of piperazine rings is 1. The zero-order valence-corrected chi connectivity index (χ0v) is 20.1. The van der Waals surface area contributed by atoms with Crippen molar-refractivity contribution in [3.8, 4) is 0 Å². The van der Waals surface area contributed by atoms with Gasteiger partial charge in [-0.15, -0.1) is 0 Å². The Balaban J connectivity index is 1.41. The Labute approximate surface area is 191 Å². The molecule has 0 saturated carbocycles. The molecule has 3 fully saturated rings. The van der Waals surface area contributed by atoms with Gasteiger partial charge >= 0.3 is 0 Å². The number of carbonyl (C=O) groups is 1. The average molecular weight is 450 g/mol. The van der Waals surface area contributed by atoms with Crippen LogP contribution in [0.3, 0.4) is 0 Å². The molecule has 4 heterocycles. The van der Waals surface area contributed by atoms with Gasteiger partial charge in [0.1, 0.15) is 11.6 Å². The number of amides is 1. The molecule has 1 amide bonds. The highest BCUT2D eigenvalue weighted by Crippen LogP contribution is 2.33. The van der Waals surface area contributed by atoms with Gasteiger partial charge in [0.2, 0.25) is 5.91 Å². The van der Waals surface area contributed by atoms with Crippen molar-refractivity contribution in [1.29, 1.82) is 0 Å². The molecule has 1 aromatic heterocycles. The van der Waals surface area contributed by atoms with E-state index in [4.69, 9.17) is 4.52 Å². The number of hydrogen-bond acceptors (Lipinski definition) is 6. The summed E-state index contributed by atoms with van der Waals surface area (Å²) in [7, 11) is 0. The van der Waals surface area contributed by atoms with Gasteiger partial charge in [0.15, 0.2) is 11.6 Å². The second-order valence-corrected chi connectivity index (χ2v) is 10.5. The molecule has 3 aliphatic heterocycles. The van der Waals surface area contributed by atoms with Crippen LogP contribution in [-0.4, -0.2) is 84.4 Å². The minimum absolute atomic E-state index is 0.135. The van der Waals surface area contributed by atoms with Crippen LogP contribution in [-0.2, 0) is 4.79 Å². The lowest BCUT2D eigenvalue weighted by Crippen LogP contribution is -2.56. The molecule has 8 heteroatoms. The summed E-state index contributed by atoms with van der Waals surface area (Å²) < 4.78 is 20.9. The predicted octanol–water partition coefficient (Wildman–Crippen LogP) is 3.03. The van der Waals surface area contributed by atoms with E-state index in [1.54, 1.807) is 0 Å². The molecule has 0 spiro atoms. The van der Waals surface area contributed by atoms with Crippen molar-refractivity contribution in [3.05, 3.63) is 11.8 Å². The number of likely N-dealkylation sites (tertiary alicyclic amines) is 1. The van der Waals surface area contributed by atoms with E-state index in [9.17, 15) is 4.79 Å². The number of piperidine rings is 1. The number of carbonyl (C=O) groups excluding carboxylic acids is 1. The van der Waals surface area contributed by atoms with Crippen molar-refractivity contribution in [1.82, 2.24) is 20.3 Å². The van der Waals surface area contributed by atoms with Crippen LogP contribution in [0.2, 0.25) is 0 Å². The second-order valence-electron chi connectivity index (χ2n) is 10.5. The van der Waals surface area contributed by atoms with Crippen molar-refractivity contribution in [2.24, 2.45) is 5.92 Å². The minimum Gasteiger partial charge on any atom is -0.358 e. The highest BCUT2D eigenvalue weighted by molar-refractivity contribution is 5.84. The molecule has 180 valence electrons. The number of alkyl halides is 1. The van der Waals surface area contributed by atoms with Crippen LogP contribution in [0.1, 0.15) is 65.1 Å². The van der Waals surface area contributed by atoms with E-state index in [1.165, 1.54) is 0 Å². The molecule has 1 aromatic rings. The third-order valence-corrected chi connectivity index (χ3v) is 7.60. The maximum atomic E-state index is 15.1. The lowest BCUT2D eigenvalue weighted by atomic mass is 9.91. The van der Waals surface area contributed by atoms with Crippen LogP contribution in [0.5, 0.6) is 0 Å². The highest BCUT2D eigenvalue weighted by atomic mass is 19.1. The van der Waals surface area contributed by atoms with Crippen LogP contribution in [0.15, 0.2) is 10.6 Å². The van der Waals surface area contributed by atoms with Gasteiger partial charge in [0.25, 0.3) is 0 Å². The molecule has 1 N–H and O–H groups in total. The first-order valence-electron chi connectivity index (χ1n) is 12.4. The quantitative estimate of drug-likeness (QED) is 0.720. The van der Waals surface area contributed by atoms with Gasteiger partial charge in [-0.05, 0) is 58.5 Å². The van der Waals surface area contributed by atoms with E-state index in [1.807, 2.05) is 11.0 Å². The van der Waals surface area contributed by atoms with Crippen molar-refractivity contribution < 1.29 is 13.7 Å². The third-order valence-electron chi connectivity index (χ3n) is 7.60. The molecule has 0 bridgehead atoms. The first kappa shape index (κ1) is 23.5. The number of anilines is 1. The van der Waals surface area contributed by atoms with Crippen molar-refractivity contribution >= 4 is 11.7 Å². The zero-order valence-electron chi connectivity index (χ0n) is 20.1. The van der Waals surface area contributed by atoms with E-state index in [-0.39, 0.29) is 29.8 Å². The number of nitrogens with zero attached hydrogens (tertiary/aromatic N) is 4. The molecular formula is C24H40FN5O2. The Morgan fingerprint density at radius 2 is 2.00 bits per heavy atom. The van der Waals surface area contributed by atoms with Gasteiger partial charge < -0.3 is 19.6 Å². The average Bonchev–Trinajstić information content (AvgIpc) is 3.37. The normalized spacial score (nSPS) is 27.8. The van der Waals surface area contributed by atoms with Gasteiger partial charge in [-0.3, -0.25) is 9.69 Å². The molecule has 0 aliphatic carbocycles. The van der Waals surface area contributed by atoms with Crippen molar-refractivity contribution in [2.75, 3.05) is 50.7 Å². The fourth-order valence-corrected chi connectivity index (χ4v) is 5.69. The summed E-state index contributed by atoms with van der Waals surface area (Å²) in [5, 5.41) is 7.60. The van der Waals surface area contributed by atoms with Crippen molar-refractivity contribution in [3.63, 3.8) is 0 Å². The van der Waals surface area contributed by atoms with Gasteiger partial charge in [-0.2, -0.15) is 0 Å². The minimum atomic E-state index is -1.08. The van der Waals surface area contributed by atoms with E-state index >= 15 is 4.39 Å². The largest absolute Gasteiger partial charge is 0.358 e. The number of rotatable bonds is 6. The number of nitrogens with one attached hydrogen (secondary N) is 1. The standard InChI is InChI=1S/C24H40FN5O2/c1-17(2)22(23(31)30-11-5-6-18(30)3)20-14-21(27-32-20)29-13-12-28(15-19(29)4)16-24(25)7-9-26-10-8-24/h14,17-19,22,26H,5-13,15-16H2,1-4H3. The lowest BCUT2D eigenvalue weighted by Gasteiger charge is -2.43. The third kappa shape index (κ3) is 4.96. The second kappa shape index (κ2) is 9.67. The maximum Gasteiger partial charge on any atom is 0.233 e. The molecule has 3 unspecified atom stereocenters. The number of aromatic nitrogens is 1. The SMILES string of the molecule is CC(C)C(C(=O)N1CCCC1C)c1cc(N2CCN(CC3(F)CCNCC3)CC2C)no1. The Morgan fingerprint density at radius 1 is 1.25 bits per heavy atom. The Hall–Kier alpha value is -1.67. The monoisotopic (exact) mass is 449 g/mol. The van der Waals surface area contributed by atoms with Gasteiger partial charge in [-0.25, -0.2) is 4.39 Å². The zero-order chi connectivity index (χ0) is 22.9.